The molecule has 0 saturated heterocycles. The summed E-state index contributed by atoms with van der Waals surface area (Å²) in [7, 11) is 0. The number of hydrogen-bond acceptors (Lipinski definition) is 4. The molecule has 2 aromatic heterocycles. The Balaban J connectivity index is 2.52. The summed E-state index contributed by atoms with van der Waals surface area (Å²) in [4.78, 5) is 7.22. The van der Waals surface area contributed by atoms with Gasteiger partial charge < -0.3 is 10.7 Å². The molecule has 0 spiro atoms. The summed E-state index contributed by atoms with van der Waals surface area (Å²) >= 11 is 0. The molecule has 0 aliphatic carbocycles. The van der Waals surface area contributed by atoms with Crippen LogP contribution in [0.5, 0.6) is 0 Å². The van der Waals surface area contributed by atoms with Crippen molar-refractivity contribution in [1.29, 1.82) is 0 Å². The van der Waals surface area contributed by atoms with Gasteiger partial charge in [0.25, 0.3) is 0 Å². The molecule has 13 heavy (non-hydrogen) atoms. The highest BCUT2D eigenvalue weighted by atomic mass is 15.1. The van der Waals surface area contributed by atoms with Crippen molar-refractivity contribution >= 4 is 5.69 Å². The first kappa shape index (κ1) is 7.72. The molecule has 0 radical (unpaired) electrons. The smallest absolute Gasteiger partial charge is 0.141 e. The number of hydrogen-bond donors (Lipinski definition) is 2. The zero-order valence-electron chi connectivity index (χ0n) is 7.15. The Hall–Kier alpha value is -1.91. The van der Waals surface area contributed by atoms with E-state index < -0.39 is 0 Å². The number of aromatic amines is 1. The molecule has 0 atom stereocenters. The van der Waals surface area contributed by atoms with Gasteiger partial charge in [-0.05, 0) is 6.92 Å². The summed E-state index contributed by atoms with van der Waals surface area (Å²) < 4.78 is 0. The van der Waals surface area contributed by atoms with Crippen molar-refractivity contribution in [2.24, 2.45) is 0 Å². The van der Waals surface area contributed by atoms with Gasteiger partial charge in [0.1, 0.15) is 5.82 Å². The van der Waals surface area contributed by atoms with Crippen LogP contribution < -0.4 is 5.73 Å². The van der Waals surface area contributed by atoms with Crippen LogP contribution in [-0.4, -0.2) is 20.2 Å². The molecule has 2 rings (SSSR count). The van der Waals surface area contributed by atoms with Crippen molar-refractivity contribution in [1.82, 2.24) is 20.2 Å². The molecule has 5 nitrogen and oxygen atoms in total. The Bertz CT molecular complexity index is 420. The van der Waals surface area contributed by atoms with Gasteiger partial charge in [0.2, 0.25) is 0 Å². The molecule has 2 aromatic rings. The van der Waals surface area contributed by atoms with Crippen molar-refractivity contribution in [3.05, 3.63) is 24.3 Å². The summed E-state index contributed by atoms with van der Waals surface area (Å²) in [6, 6.07) is 0. The average molecular weight is 175 g/mol. The van der Waals surface area contributed by atoms with E-state index in [-0.39, 0.29) is 0 Å². The van der Waals surface area contributed by atoms with Crippen LogP contribution in [0.4, 0.5) is 5.69 Å². The van der Waals surface area contributed by atoms with E-state index >= 15 is 0 Å². The highest BCUT2D eigenvalue weighted by Gasteiger charge is 2.05. The van der Waals surface area contributed by atoms with Crippen LogP contribution in [0, 0.1) is 6.92 Å². The van der Waals surface area contributed by atoms with Gasteiger partial charge >= 0.3 is 0 Å². The molecule has 66 valence electrons. The Labute approximate surface area is 75.0 Å². The lowest BCUT2D eigenvalue weighted by molar-refractivity contribution is 1.03. The van der Waals surface area contributed by atoms with Gasteiger partial charge in [-0.15, -0.1) is 0 Å². The van der Waals surface area contributed by atoms with E-state index in [0.717, 1.165) is 17.1 Å². The zero-order chi connectivity index (χ0) is 9.26. The second-order valence-electron chi connectivity index (χ2n) is 2.77. The fraction of sp³-hybridized carbons (Fsp3) is 0.125. The molecule has 0 fully saturated rings. The summed E-state index contributed by atoms with van der Waals surface area (Å²) in [6.07, 6.45) is 4.84. The maximum absolute atomic E-state index is 5.70. The predicted octanol–water partition coefficient (Wildman–Crippen LogP) is 0.757. The van der Waals surface area contributed by atoms with Crippen molar-refractivity contribution in [3.63, 3.8) is 0 Å². The third-order valence-corrected chi connectivity index (χ3v) is 1.72. The minimum absolute atomic E-state index is 0.573. The number of nitrogens with one attached hydrogen (secondary N) is 1. The quantitative estimate of drug-likeness (QED) is 0.670. The number of nitrogen functional groups attached to an aromatic ring is 1. The molecule has 0 aromatic carbocycles. The molecule has 0 amide bonds. The van der Waals surface area contributed by atoms with Gasteiger partial charge in [0, 0.05) is 11.9 Å². The molecule has 5 heteroatoms. The van der Waals surface area contributed by atoms with E-state index in [1.165, 1.54) is 6.20 Å². The highest BCUT2D eigenvalue weighted by Crippen LogP contribution is 2.19. The summed E-state index contributed by atoms with van der Waals surface area (Å²) in [5, 5.41) is 7.40. The second-order valence-corrected chi connectivity index (χ2v) is 2.77. The van der Waals surface area contributed by atoms with Gasteiger partial charge in [0.15, 0.2) is 0 Å². The van der Waals surface area contributed by atoms with Crippen LogP contribution >= 0.6 is 0 Å². The number of H-pyrrole nitrogens is 1. The molecule has 2 heterocycles. The van der Waals surface area contributed by atoms with E-state index in [9.17, 15) is 0 Å². The van der Waals surface area contributed by atoms with E-state index in [0.29, 0.717) is 5.69 Å². The monoisotopic (exact) mass is 175 g/mol. The third-order valence-electron chi connectivity index (χ3n) is 1.72. The molecular formula is C8H9N5. The first-order valence-corrected chi connectivity index (χ1v) is 3.85. The van der Waals surface area contributed by atoms with Crippen molar-refractivity contribution in [3.8, 4) is 11.4 Å². The Kier molecular flexibility index (Phi) is 1.70. The maximum Gasteiger partial charge on any atom is 0.141 e. The van der Waals surface area contributed by atoms with Crippen LogP contribution in [0.2, 0.25) is 0 Å². The van der Waals surface area contributed by atoms with Gasteiger partial charge in [-0.25, -0.2) is 4.98 Å². The largest absolute Gasteiger partial charge is 0.397 e. The standard InChI is InChI=1S/C8H9N5/c1-5-2-10-8(13-5)6-3-11-12-4-7(6)9/h2-4H,1H3,(H2,9,11)(H,10,13). The molecule has 3 N–H and O–H groups in total. The van der Waals surface area contributed by atoms with Gasteiger partial charge in [0.05, 0.1) is 23.6 Å². The van der Waals surface area contributed by atoms with Gasteiger partial charge in [-0.1, -0.05) is 0 Å². The number of nitrogens with two attached hydrogens (primary N) is 1. The SMILES string of the molecule is Cc1cnc(-c2cnncc2N)[nH]1. The minimum Gasteiger partial charge on any atom is -0.397 e. The highest BCUT2D eigenvalue weighted by molar-refractivity contribution is 5.69. The fourth-order valence-electron chi connectivity index (χ4n) is 1.08. The summed E-state index contributed by atoms with van der Waals surface area (Å²) in [6.45, 7) is 1.93. The van der Waals surface area contributed by atoms with Gasteiger partial charge in [-0.3, -0.25) is 0 Å². The predicted molar refractivity (Wildman–Crippen MR) is 48.8 cm³/mol. The first-order valence-electron chi connectivity index (χ1n) is 3.85. The number of aryl methyl sites for hydroxylation is 1. The first-order chi connectivity index (χ1) is 6.27. The average Bonchev–Trinajstić information content (AvgIpc) is 2.53. The van der Waals surface area contributed by atoms with Crippen molar-refractivity contribution < 1.29 is 0 Å². The molecular weight excluding hydrogens is 166 g/mol. The topological polar surface area (TPSA) is 80.5 Å². The second kappa shape index (κ2) is 2.85. The fourth-order valence-corrected chi connectivity index (χ4v) is 1.08. The van der Waals surface area contributed by atoms with Gasteiger partial charge in [-0.2, -0.15) is 10.2 Å². The molecule has 0 aliphatic rings. The maximum atomic E-state index is 5.70. The van der Waals surface area contributed by atoms with Crippen LogP contribution in [0.3, 0.4) is 0 Å². The summed E-state index contributed by atoms with van der Waals surface area (Å²) in [5.74, 6) is 0.727. The molecule has 0 unspecified atom stereocenters. The van der Waals surface area contributed by atoms with E-state index in [2.05, 4.69) is 20.2 Å². The Morgan fingerprint density at radius 1 is 1.23 bits per heavy atom. The van der Waals surface area contributed by atoms with E-state index in [1.54, 1.807) is 12.4 Å². The zero-order valence-corrected chi connectivity index (χ0v) is 7.15. The van der Waals surface area contributed by atoms with Crippen molar-refractivity contribution in [2.75, 3.05) is 5.73 Å². The van der Waals surface area contributed by atoms with E-state index in [1.807, 2.05) is 6.92 Å². The Morgan fingerprint density at radius 3 is 2.62 bits per heavy atom. The van der Waals surface area contributed by atoms with Crippen molar-refractivity contribution in [2.45, 2.75) is 6.92 Å². The normalized spacial score (nSPS) is 10.2. The van der Waals surface area contributed by atoms with Crippen LogP contribution in [0.15, 0.2) is 18.6 Å². The lowest BCUT2D eigenvalue weighted by atomic mass is 10.2. The van der Waals surface area contributed by atoms with E-state index in [4.69, 9.17) is 5.73 Å². The van der Waals surface area contributed by atoms with Crippen LogP contribution in [-0.2, 0) is 0 Å². The number of anilines is 1. The molecule has 0 bridgehead atoms. The molecule has 0 aliphatic heterocycles. The third kappa shape index (κ3) is 1.35. The number of imidazole rings is 1. The Morgan fingerprint density at radius 2 is 2.00 bits per heavy atom. The number of rotatable bonds is 1. The van der Waals surface area contributed by atoms with Crippen LogP contribution in [0.25, 0.3) is 11.4 Å². The summed E-state index contributed by atoms with van der Waals surface area (Å²) in [5.41, 5.74) is 8.05. The minimum atomic E-state index is 0.573. The lowest BCUT2D eigenvalue weighted by Gasteiger charge is -1.98. The number of nitrogens with zero attached hydrogens (tertiary/aromatic N) is 3. The van der Waals surface area contributed by atoms with Crippen LogP contribution in [0.1, 0.15) is 5.69 Å². The number of aromatic nitrogens is 4. The molecule has 0 saturated carbocycles. The lowest BCUT2D eigenvalue weighted by Crippen LogP contribution is -1.94.